The van der Waals surface area contributed by atoms with Gasteiger partial charge in [-0.1, -0.05) is 12.1 Å². The van der Waals surface area contributed by atoms with Crippen molar-refractivity contribution >= 4 is 17.0 Å². The summed E-state index contributed by atoms with van der Waals surface area (Å²) in [7, 11) is 0. The predicted molar refractivity (Wildman–Crippen MR) is 74.8 cm³/mol. The molecule has 2 aromatic rings. The Morgan fingerprint density at radius 3 is 2.78 bits per heavy atom. The molecule has 2 rings (SSSR count). The lowest BCUT2D eigenvalue weighted by Gasteiger charge is -2.16. The molecule has 0 amide bonds. The third-order valence-corrected chi connectivity index (χ3v) is 4.05. The topological polar surface area (TPSA) is 48.7 Å². The standard InChI is InChI=1S/C14H15N3S/c1-9-5-4-6-13(12(9)7-15)17-11(3)14-10(2)16-8-18-14/h4-6,8,11,17H,1-3H3. The number of rotatable bonds is 3. The molecule has 1 heterocycles. The predicted octanol–water partition coefficient (Wildman–Crippen LogP) is 3.80. The van der Waals surface area contributed by atoms with Crippen molar-refractivity contribution in [3.05, 3.63) is 45.4 Å². The van der Waals surface area contributed by atoms with Crippen LogP contribution in [-0.2, 0) is 0 Å². The average molecular weight is 257 g/mol. The first kappa shape index (κ1) is 12.6. The van der Waals surface area contributed by atoms with Crippen LogP contribution in [0.3, 0.4) is 0 Å². The Balaban J connectivity index is 2.28. The Kier molecular flexibility index (Phi) is 3.63. The van der Waals surface area contributed by atoms with Gasteiger partial charge in [-0.2, -0.15) is 5.26 Å². The summed E-state index contributed by atoms with van der Waals surface area (Å²) in [6.45, 7) is 6.04. The molecule has 1 unspecified atom stereocenters. The molecule has 0 bridgehead atoms. The first-order chi connectivity index (χ1) is 8.63. The molecule has 0 saturated carbocycles. The normalized spacial score (nSPS) is 11.9. The SMILES string of the molecule is Cc1cccc(NC(C)c2scnc2C)c1C#N. The molecule has 0 aliphatic rings. The average Bonchev–Trinajstić information content (AvgIpc) is 2.76. The molecule has 4 heteroatoms. The quantitative estimate of drug-likeness (QED) is 0.909. The number of hydrogen-bond donors (Lipinski definition) is 1. The number of thiazole rings is 1. The second-order valence-electron chi connectivity index (χ2n) is 4.28. The van der Waals surface area contributed by atoms with E-state index in [2.05, 4.69) is 23.3 Å². The molecule has 0 radical (unpaired) electrons. The van der Waals surface area contributed by atoms with Crippen LogP contribution in [0.1, 0.15) is 34.7 Å². The van der Waals surface area contributed by atoms with E-state index in [-0.39, 0.29) is 6.04 Å². The van der Waals surface area contributed by atoms with E-state index in [0.29, 0.717) is 5.56 Å². The van der Waals surface area contributed by atoms with Crippen molar-refractivity contribution in [2.75, 3.05) is 5.32 Å². The number of anilines is 1. The Hall–Kier alpha value is -1.86. The van der Waals surface area contributed by atoms with Crippen LogP contribution >= 0.6 is 11.3 Å². The Labute approximate surface area is 111 Å². The largest absolute Gasteiger partial charge is 0.377 e. The number of nitriles is 1. The molecule has 1 N–H and O–H groups in total. The van der Waals surface area contributed by atoms with Gasteiger partial charge in [0.25, 0.3) is 0 Å². The van der Waals surface area contributed by atoms with Gasteiger partial charge in [-0.3, -0.25) is 0 Å². The fraction of sp³-hybridized carbons (Fsp3) is 0.286. The summed E-state index contributed by atoms with van der Waals surface area (Å²) >= 11 is 1.64. The van der Waals surface area contributed by atoms with E-state index in [0.717, 1.165) is 16.9 Å². The van der Waals surface area contributed by atoms with Crippen molar-refractivity contribution < 1.29 is 0 Å². The van der Waals surface area contributed by atoms with Crippen LogP contribution < -0.4 is 5.32 Å². The minimum atomic E-state index is 0.159. The first-order valence-electron chi connectivity index (χ1n) is 5.79. The van der Waals surface area contributed by atoms with Crippen LogP contribution in [0.25, 0.3) is 0 Å². The number of nitrogens with zero attached hydrogens (tertiary/aromatic N) is 2. The lowest BCUT2D eigenvalue weighted by atomic mass is 10.1. The van der Waals surface area contributed by atoms with Gasteiger partial charge < -0.3 is 5.32 Å². The second-order valence-corrected chi connectivity index (χ2v) is 5.16. The lowest BCUT2D eigenvalue weighted by molar-refractivity contribution is 0.889. The van der Waals surface area contributed by atoms with Crippen LogP contribution in [0.5, 0.6) is 0 Å². The van der Waals surface area contributed by atoms with Crippen LogP contribution in [0, 0.1) is 25.2 Å². The zero-order valence-electron chi connectivity index (χ0n) is 10.7. The summed E-state index contributed by atoms with van der Waals surface area (Å²) in [5.41, 5.74) is 5.50. The fourth-order valence-electron chi connectivity index (χ4n) is 1.96. The molecule has 0 spiro atoms. The van der Waals surface area contributed by atoms with E-state index < -0.39 is 0 Å². The Morgan fingerprint density at radius 1 is 1.39 bits per heavy atom. The maximum Gasteiger partial charge on any atom is 0.102 e. The van der Waals surface area contributed by atoms with E-state index in [1.807, 2.05) is 37.6 Å². The third kappa shape index (κ3) is 2.36. The monoisotopic (exact) mass is 257 g/mol. The van der Waals surface area contributed by atoms with Gasteiger partial charge in [-0.05, 0) is 32.4 Å². The van der Waals surface area contributed by atoms with Crippen molar-refractivity contribution in [1.29, 1.82) is 5.26 Å². The summed E-state index contributed by atoms with van der Waals surface area (Å²) in [5, 5.41) is 12.6. The molecular weight excluding hydrogens is 242 g/mol. The van der Waals surface area contributed by atoms with E-state index in [9.17, 15) is 5.26 Å². The van der Waals surface area contributed by atoms with Crippen molar-refractivity contribution in [2.24, 2.45) is 0 Å². The second kappa shape index (κ2) is 5.19. The summed E-state index contributed by atoms with van der Waals surface area (Å²) in [6, 6.07) is 8.27. The molecule has 92 valence electrons. The highest BCUT2D eigenvalue weighted by Crippen LogP contribution is 2.27. The Morgan fingerprint density at radius 2 is 2.17 bits per heavy atom. The zero-order valence-corrected chi connectivity index (χ0v) is 11.5. The van der Waals surface area contributed by atoms with Gasteiger partial charge >= 0.3 is 0 Å². The molecule has 0 aliphatic heterocycles. The number of hydrogen-bond acceptors (Lipinski definition) is 4. The van der Waals surface area contributed by atoms with E-state index in [4.69, 9.17) is 0 Å². The number of benzene rings is 1. The molecule has 1 atom stereocenters. The highest BCUT2D eigenvalue weighted by Gasteiger charge is 2.13. The maximum atomic E-state index is 9.20. The van der Waals surface area contributed by atoms with Gasteiger partial charge in [-0.15, -0.1) is 11.3 Å². The van der Waals surface area contributed by atoms with E-state index >= 15 is 0 Å². The van der Waals surface area contributed by atoms with Gasteiger partial charge in [0, 0.05) is 4.88 Å². The van der Waals surface area contributed by atoms with Crippen molar-refractivity contribution in [3.8, 4) is 6.07 Å². The number of aromatic nitrogens is 1. The summed E-state index contributed by atoms with van der Waals surface area (Å²) in [6.07, 6.45) is 0. The fourth-order valence-corrected chi connectivity index (χ4v) is 2.77. The number of aryl methyl sites for hydroxylation is 2. The van der Waals surface area contributed by atoms with E-state index in [1.165, 1.54) is 4.88 Å². The van der Waals surface area contributed by atoms with Crippen LogP contribution in [0.2, 0.25) is 0 Å². The van der Waals surface area contributed by atoms with Crippen molar-refractivity contribution in [2.45, 2.75) is 26.8 Å². The molecule has 0 saturated heterocycles. The first-order valence-corrected chi connectivity index (χ1v) is 6.67. The summed E-state index contributed by atoms with van der Waals surface area (Å²) < 4.78 is 0. The zero-order chi connectivity index (χ0) is 13.1. The molecular formula is C14H15N3S. The minimum absolute atomic E-state index is 0.159. The smallest absolute Gasteiger partial charge is 0.102 e. The van der Waals surface area contributed by atoms with Gasteiger partial charge in [0.1, 0.15) is 6.07 Å². The molecule has 0 fully saturated rings. The van der Waals surface area contributed by atoms with E-state index in [1.54, 1.807) is 11.3 Å². The summed E-state index contributed by atoms with van der Waals surface area (Å²) in [4.78, 5) is 5.46. The van der Waals surface area contributed by atoms with Gasteiger partial charge in [0.05, 0.1) is 28.5 Å². The van der Waals surface area contributed by atoms with Crippen LogP contribution in [0.15, 0.2) is 23.7 Å². The third-order valence-electron chi connectivity index (χ3n) is 2.93. The minimum Gasteiger partial charge on any atom is -0.377 e. The molecule has 0 aliphatic carbocycles. The molecule has 18 heavy (non-hydrogen) atoms. The van der Waals surface area contributed by atoms with Gasteiger partial charge in [0.2, 0.25) is 0 Å². The van der Waals surface area contributed by atoms with Crippen LogP contribution in [-0.4, -0.2) is 4.98 Å². The van der Waals surface area contributed by atoms with Gasteiger partial charge in [-0.25, -0.2) is 4.98 Å². The molecule has 3 nitrogen and oxygen atoms in total. The maximum absolute atomic E-state index is 9.20. The molecule has 1 aromatic heterocycles. The van der Waals surface area contributed by atoms with Crippen molar-refractivity contribution in [1.82, 2.24) is 4.98 Å². The van der Waals surface area contributed by atoms with Gasteiger partial charge in [0.15, 0.2) is 0 Å². The van der Waals surface area contributed by atoms with Crippen LogP contribution in [0.4, 0.5) is 5.69 Å². The number of nitrogens with one attached hydrogen (secondary N) is 1. The van der Waals surface area contributed by atoms with Crippen molar-refractivity contribution in [3.63, 3.8) is 0 Å². The Bertz CT molecular complexity index is 595. The molecule has 1 aromatic carbocycles. The summed E-state index contributed by atoms with van der Waals surface area (Å²) in [5.74, 6) is 0. The highest BCUT2D eigenvalue weighted by molar-refractivity contribution is 7.09. The lowest BCUT2D eigenvalue weighted by Crippen LogP contribution is -2.08. The highest BCUT2D eigenvalue weighted by atomic mass is 32.1.